The van der Waals surface area contributed by atoms with Crippen LogP contribution in [0.4, 0.5) is 26.2 Å². The molecule has 0 spiro atoms. The highest BCUT2D eigenvalue weighted by Crippen LogP contribution is 2.25. The molecule has 10 heteroatoms. The summed E-state index contributed by atoms with van der Waals surface area (Å²) in [7, 11) is 1.78. The topological polar surface area (TPSA) is 104 Å². The Morgan fingerprint density at radius 2 is 1.92 bits per heavy atom. The third-order valence-corrected chi connectivity index (χ3v) is 3.43. The van der Waals surface area contributed by atoms with Crippen LogP contribution in [0.15, 0.2) is 31.0 Å². The molecule has 0 radical (unpaired) electrons. The molecule has 0 saturated heterocycles. The minimum atomic E-state index is -0.691. The number of halogens is 2. The Morgan fingerprint density at radius 1 is 1.19 bits per heavy atom. The lowest BCUT2D eigenvalue weighted by Gasteiger charge is -2.15. The molecule has 0 aliphatic heterocycles. The minimum absolute atomic E-state index is 0.0167. The standard InChI is InChI=1S/C16H14F2N8/c1-9(14-20-5-11(17)6-21-14)23-15-10(4-19)3-12(18)16(25-15)24-13-7-26(2)8-22-13/h3,5-9H,1-2H3,(H2,23,24,25)/t9-/m1/s1. The van der Waals surface area contributed by atoms with Gasteiger partial charge in [-0.05, 0) is 13.0 Å². The van der Waals surface area contributed by atoms with E-state index in [0.29, 0.717) is 11.6 Å². The Labute approximate surface area is 147 Å². The number of hydrogen-bond donors (Lipinski definition) is 2. The van der Waals surface area contributed by atoms with E-state index in [-0.39, 0.29) is 17.2 Å². The molecule has 0 aromatic carbocycles. The molecule has 0 aliphatic rings. The molecule has 0 amide bonds. The number of nitrogens with zero attached hydrogens (tertiary/aromatic N) is 6. The SMILES string of the molecule is C[C@@H](Nc1nc(Nc2cn(C)cn2)c(F)cc1C#N)c1ncc(F)cn1. The maximum Gasteiger partial charge on any atom is 0.170 e. The molecule has 3 aromatic heterocycles. The molecule has 3 aromatic rings. The molecule has 1 atom stereocenters. The van der Waals surface area contributed by atoms with E-state index >= 15 is 0 Å². The van der Waals surface area contributed by atoms with E-state index < -0.39 is 17.7 Å². The summed E-state index contributed by atoms with van der Waals surface area (Å²) in [5.41, 5.74) is 0.0167. The van der Waals surface area contributed by atoms with Crippen LogP contribution < -0.4 is 10.6 Å². The molecule has 0 aliphatic carbocycles. The predicted molar refractivity (Wildman–Crippen MR) is 89.4 cm³/mol. The normalized spacial score (nSPS) is 11.7. The van der Waals surface area contributed by atoms with E-state index in [1.54, 1.807) is 31.1 Å². The molecule has 2 N–H and O–H groups in total. The summed E-state index contributed by atoms with van der Waals surface area (Å²) in [5, 5.41) is 14.9. The van der Waals surface area contributed by atoms with Crippen molar-refractivity contribution in [2.24, 2.45) is 7.05 Å². The summed E-state index contributed by atoms with van der Waals surface area (Å²) in [5.74, 6) is -0.473. The van der Waals surface area contributed by atoms with Gasteiger partial charge < -0.3 is 15.2 Å². The van der Waals surface area contributed by atoms with Crippen molar-refractivity contribution >= 4 is 17.5 Å². The van der Waals surface area contributed by atoms with Gasteiger partial charge in [0.15, 0.2) is 17.5 Å². The summed E-state index contributed by atoms with van der Waals surface area (Å²) in [6.07, 6.45) is 5.29. The van der Waals surface area contributed by atoms with Gasteiger partial charge >= 0.3 is 0 Å². The Balaban J connectivity index is 1.88. The van der Waals surface area contributed by atoms with Crippen molar-refractivity contribution in [1.82, 2.24) is 24.5 Å². The van der Waals surface area contributed by atoms with Crippen molar-refractivity contribution in [3.63, 3.8) is 0 Å². The van der Waals surface area contributed by atoms with Crippen molar-refractivity contribution in [3.8, 4) is 6.07 Å². The third kappa shape index (κ3) is 3.72. The van der Waals surface area contributed by atoms with E-state index in [0.717, 1.165) is 18.5 Å². The lowest BCUT2D eigenvalue weighted by atomic mass is 10.2. The number of nitrogens with one attached hydrogen (secondary N) is 2. The van der Waals surface area contributed by atoms with Crippen molar-refractivity contribution in [2.45, 2.75) is 13.0 Å². The molecule has 8 nitrogen and oxygen atoms in total. The Morgan fingerprint density at radius 3 is 2.54 bits per heavy atom. The van der Waals surface area contributed by atoms with E-state index in [1.165, 1.54) is 0 Å². The Hall–Kier alpha value is -3.61. The van der Waals surface area contributed by atoms with Gasteiger partial charge in [-0.3, -0.25) is 0 Å². The maximum absolute atomic E-state index is 14.2. The van der Waals surface area contributed by atoms with Crippen LogP contribution in [-0.4, -0.2) is 24.5 Å². The molecule has 0 fully saturated rings. The summed E-state index contributed by atoms with van der Waals surface area (Å²) in [6, 6.07) is 2.47. The number of rotatable bonds is 5. The highest BCUT2D eigenvalue weighted by Gasteiger charge is 2.16. The van der Waals surface area contributed by atoms with Crippen LogP contribution in [0.3, 0.4) is 0 Å². The average molecular weight is 356 g/mol. The van der Waals surface area contributed by atoms with Crippen LogP contribution in [0.1, 0.15) is 24.4 Å². The Kier molecular flexibility index (Phi) is 4.70. The number of aromatic nitrogens is 5. The molecule has 132 valence electrons. The molecule has 26 heavy (non-hydrogen) atoms. The monoisotopic (exact) mass is 356 g/mol. The van der Waals surface area contributed by atoms with Gasteiger partial charge in [-0.2, -0.15) is 5.26 Å². The number of imidazole rings is 1. The van der Waals surface area contributed by atoms with E-state index in [1.807, 2.05) is 6.07 Å². The van der Waals surface area contributed by atoms with Crippen LogP contribution in [0.2, 0.25) is 0 Å². The summed E-state index contributed by atoms with van der Waals surface area (Å²) >= 11 is 0. The largest absolute Gasteiger partial charge is 0.359 e. The molecule has 0 saturated carbocycles. The number of aryl methyl sites for hydroxylation is 1. The first-order valence-electron chi connectivity index (χ1n) is 7.56. The second-order valence-electron chi connectivity index (χ2n) is 5.50. The summed E-state index contributed by atoms with van der Waals surface area (Å²) in [6.45, 7) is 1.71. The lowest BCUT2D eigenvalue weighted by molar-refractivity contribution is 0.604. The van der Waals surface area contributed by atoms with E-state index in [4.69, 9.17) is 0 Å². The van der Waals surface area contributed by atoms with Gasteiger partial charge in [-0.25, -0.2) is 28.7 Å². The van der Waals surface area contributed by atoms with Gasteiger partial charge in [0, 0.05) is 13.2 Å². The molecular formula is C16H14F2N8. The van der Waals surface area contributed by atoms with Crippen LogP contribution >= 0.6 is 0 Å². The van der Waals surface area contributed by atoms with Gasteiger partial charge in [0.05, 0.1) is 30.3 Å². The van der Waals surface area contributed by atoms with Crippen LogP contribution in [0, 0.1) is 23.0 Å². The fourth-order valence-corrected chi connectivity index (χ4v) is 2.19. The average Bonchev–Trinajstić information content (AvgIpc) is 3.03. The molecule has 0 unspecified atom stereocenters. The Bertz CT molecular complexity index is 961. The van der Waals surface area contributed by atoms with Gasteiger partial charge in [-0.15, -0.1) is 0 Å². The van der Waals surface area contributed by atoms with Gasteiger partial charge in [-0.1, -0.05) is 0 Å². The zero-order valence-electron chi connectivity index (χ0n) is 13.9. The zero-order chi connectivity index (χ0) is 18.7. The number of anilines is 3. The van der Waals surface area contributed by atoms with Gasteiger partial charge in [0.1, 0.15) is 23.5 Å². The van der Waals surface area contributed by atoms with E-state index in [9.17, 15) is 14.0 Å². The van der Waals surface area contributed by atoms with E-state index in [2.05, 4.69) is 30.6 Å². The number of nitriles is 1. The van der Waals surface area contributed by atoms with Crippen molar-refractivity contribution in [3.05, 3.63) is 54.0 Å². The van der Waals surface area contributed by atoms with Crippen molar-refractivity contribution in [1.29, 1.82) is 5.26 Å². The van der Waals surface area contributed by atoms with Crippen LogP contribution in [-0.2, 0) is 7.05 Å². The minimum Gasteiger partial charge on any atom is -0.359 e. The number of hydrogen-bond acceptors (Lipinski definition) is 7. The second kappa shape index (κ2) is 7.10. The first kappa shape index (κ1) is 17.2. The van der Waals surface area contributed by atoms with Crippen LogP contribution in [0.25, 0.3) is 0 Å². The fraction of sp³-hybridized carbons (Fsp3) is 0.188. The molecule has 3 rings (SSSR count). The smallest absolute Gasteiger partial charge is 0.170 e. The van der Waals surface area contributed by atoms with Gasteiger partial charge in [0.25, 0.3) is 0 Å². The van der Waals surface area contributed by atoms with Crippen molar-refractivity contribution in [2.75, 3.05) is 10.6 Å². The fourth-order valence-electron chi connectivity index (χ4n) is 2.19. The highest BCUT2D eigenvalue weighted by atomic mass is 19.1. The van der Waals surface area contributed by atoms with Gasteiger partial charge in [0.2, 0.25) is 0 Å². The summed E-state index contributed by atoms with van der Waals surface area (Å²) in [4.78, 5) is 15.9. The van der Waals surface area contributed by atoms with Crippen LogP contribution in [0.5, 0.6) is 0 Å². The number of pyridine rings is 1. The second-order valence-corrected chi connectivity index (χ2v) is 5.50. The molecule has 0 bridgehead atoms. The van der Waals surface area contributed by atoms with Crippen molar-refractivity contribution < 1.29 is 8.78 Å². The maximum atomic E-state index is 14.2. The summed E-state index contributed by atoms with van der Waals surface area (Å²) < 4.78 is 28.8. The predicted octanol–water partition coefficient (Wildman–Crippen LogP) is 2.67. The first-order valence-corrected chi connectivity index (χ1v) is 7.56. The molecular weight excluding hydrogens is 342 g/mol. The molecule has 3 heterocycles. The lowest BCUT2D eigenvalue weighted by Crippen LogP contribution is -2.14. The zero-order valence-corrected chi connectivity index (χ0v) is 13.9. The third-order valence-electron chi connectivity index (χ3n) is 3.43. The first-order chi connectivity index (χ1) is 12.5. The highest BCUT2D eigenvalue weighted by molar-refractivity contribution is 5.61. The quantitative estimate of drug-likeness (QED) is 0.724.